The van der Waals surface area contributed by atoms with Gasteiger partial charge in [-0.05, 0) is 43.2 Å². The van der Waals surface area contributed by atoms with E-state index in [0.29, 0.717) is 30.3 Å². The van der Waals surface area contributed by atoms with Gasteiger partial charge in [-0.3, -0.25) is 9.59 Å². The van der Waals surface area contributed by atoms with Crippen molar-refractivity contribution in [2.75, 3.05) is 26.8 Å². The minimum atomic E-state index is -0.168. The summed E-state index contributed by atoms with van der Waals surface area (Å²) in [5.41, 5.74) is 0.884. The van der Waals surface area contributed by atoms with E-state index in [0.717, 1.165) is 24.2 Å². The van der Waals surface area contributed by atoms with Gasteiger partial charge in [-0.25, -0.2) is 0 Å². The van der Waals surface area contributed by atoms with Crippen molar-refractivity contribution in [3.8, 4) is 11.5 Å². The van der Waals surface area contributed by atoms with Gasteiger partial charge in [-0.15, -0.1) is 0 Å². The summed E-state index contributed by atoms with van der Waals surface area (Å²) in [6.07, 6.45) is 1.77. The van der Waals surface area contributed by atoms with Crippen LogP contribution in [-0.4, -0.2) is 49.6 Å². The van der Waals surface area contributed by atoms with Gasteiger partial charge in [0.05, 0.1) is 13.5 Å². The molecule has 2 aromatic rings. The Labute approximate surface area is 175 Å². The fourth-order valence-corrected chi connectivity index (χ4v) is 3.47. The monoisotopic (exact) mass is 416 g/mol. The highest BCUT2D eigenvalue weighted by Crippen LogP contribution is 2.20. The smallest absolute Gasteiger partial charge is 0.258 e. The predicted octanol–water partition coefficient (Wildman–Crippen LogP) is 3.08. The van der Waals surface area contributed by atoms with E-state index < -0.39 is 0 Å². The van der Waals surface area contributed by atoms with E-state index in [-0.39, 0.29) is 24.5 Å². The van der Waals surface area contributed by atoms with Crippen molar-refractivity contribution < 1.29 is 19.1 Å². The number of methoxy groups -OCH3 is 1. The van der Waals surface area contributed by atoms with Gasteiger partial charge in [-0.2, -0.15) is 0 Å². The molecule has 0 atom stereocenters. The van der Waals surface area contributed by atoms with Gasteiger partial charge in [0.15, 0.2) is 6.61 Å². The molecular formula is C22H25ClN2O4. The Morgan fingerprint density at radius 1 is 1.10 bits per heavy atom. The Morgan fingerprint density at radius 3 is 2.48 bits per heavy atom. The average molecular weight is 417 g/mol. The minimum Gasteiger partial charge on any atom is -0.496 e. The molecule has 1 saturated heterocycles. The van der Waals surface area contributed by atoms with Crippen molar-refractivity contribution in [1.29, 1.82) is 0 Å². The molecule has 6 nitrogen and oxygen atoms in total. The normalized spacial score (nSPS) is 14.3. The number of nitrogens with one attached hydrogen (secondary N) is 1. The van der Waals surface area contributed by atoms with Gasteiger partial charge in [0.2, 0.25) is 5.91 Å². The van der Waals surface area contributed by atoms with Crippen LogP contribution in [0.3, 0.4) is 0 Å². The molecule has 1 aliphatic heterocycles. The van der Waals surface area contributed by atoms with E-state index in [2.05, 4.69) is 5.32 Å². The molecule has 154 valence electrons. The fourth-order valence-electron chi connectivity index (χ4n) is 3.35. The number of amides is 2. The zero-order chi connectivity index (χ0) is 20.6. The van der Waals surface area contributed by atoms with Crippen LogP contribution in [-0.2, 0) is 16.0 Å². The van der Waals surface area contributed by atoms with Crippen LogP contribution in [0, 0.1) is 0 Å². The number of hydrogen-bond donors (Lipinski definition) is 1. The molecule has 0 bridgehead atoms. The molecule has 7 heteroatoms. The van der Waals surface area contributed by atoms with Crippen LogP contribution >= 0.6 is 11.6 Å². The molecule has 0 unspecified atom stereocenters. The van der Waals surface area contributed by atoms with Crippen molar-refractivity contribution in [2.24, 2.45) is 0 Å². The number of hydrogen-bond acceptors (Lipinski definition) is 4. The Bertz CT molecular complexity index is 833. The van der Waals surface area contributed by atoms with Crippen molar-refractivity contribution in [3.63, 3.8) is 0 Å². The predicted molar refractivity (Wildman–Crippen MR) is 111 cm³/mol. The molecule has 0 aromatic heterocycles. The highest BCUT2D eigenvalue weighted by molar-refractivity contribution is 6.30. The average Bonchev–Trinajstić information content (AvgIpc) is 2.74. The van der Waals surface area contributed by atoms with E-state index in [1.807, 2.05) is 29.2 Å². The molecule has 2 amide bonds. The first-order chi connectivity index (χ1) is 14.0. The zero-order valence-corrected chi connectivity index (χ0v) is 17.2. The maximum atomic E-state index is 12.6. The number of benzene rings is 2. The van der Waals surface area contributed by atoms with Gasteiger partial charge >= 0.3 is 0 Å². The van der Waals surface area contributed by atoms with Crippen LogP contribution in [0.25, 0.3) is 0 Å². The third-order valence-electron chi connectivity index (χ3n) is 4.93. The summed E-state index contributed by atoms with van der Waals surface area (Å²) in [5, 5.41) is 3.60. The molecule has 29 heavy (non-hydrogen) atoms. The lowest BCUT2D eigenvalue weighted by Crippen LogP contribution is -2.47. The number of rotatable bonds is 7. The van der Waals surface area contributed by atoms with Crippen molar-refractivity contribution in [2.45, 2.75) is 25.3 Å². The maximum Gasteiger partial charge on any atom is 0.258 e. The first-order valence-electron chi connectivity index (χ1n) is 9.62. The van der Waals surface area contributed by atoms with Gasteiger partial charge in [0, 0.05) is 29.7 Å². The first-order valence-corrected chi connectivity index (χ1v) is 10.0. The maximum absolute atomic E-state index is 12.6. The lowest BCUT2D eigenvalue weighted by molar-refractivity contribution is -0.131. The van der Waals surface area contributed by atoms with Gasteiger partial charge in [0.1, 0.15) is 11.5 Å². The summed E-state index contributed by atoms with van der Waals surface area (Å²) in [5.74, 6) is 1.23. The van der Waals surface area contributed by atoms with Gasteiger partial charge in [0.25, 0.3) is 5.91 Å². The first kappa shape index (κ1) is 21.0. The summed E-state index contributed by atoms with van der Waals surface area (Å²) in [4.78, 5) is 26.6. The molecule has 0 spiro atoms. The van der Waals surface area contributed by atoms with E-state index in [1.54, 1.807) is 31.4 Å². The number of piperidine rings is 1. The van der Waals surface area contributed by atoms with Gasteiger partial charge in [-0.1, -0.05) is 29.8 Å². The van der Waals surface area contributed by atoms with Crippen LogP contribution in [0.5, 0.6) is 11.5 Å². The summed E-state index contributed by atoms with van der Waals surface area (Å²) in [7, 11) is 1.61. The molecule has 0 saturated carbocycles. The van der Waals surface area contributed by atoms with Crippen LogP contribution in [0.15, 0.2) is 48.5 Å². The number of nitrogens with zero attached hydrogens (tertiary/aromatic N) is 1. The van der Waals surface area contributed by atoms with Crippen molar-refractivity contribution >= 4 is 23.4 Å². The summed E-state index contributed by atoms with van der Waals surface area (Å²) in [6.45, 7) is 1.20. The SMILES string of the molecule is COc1ccccc1CC(=O)N1CCC(NC(=O)COc2ccc(Cl)cc2)CC1. The Balaban J connectivity index is 1.41. The number of likely N-dealkylation sites (tertiary alicyclic amines) is 1. The Kier molecular flexibility index (Phi) is 7.36. The number of halogens is 1. The molecule has 0 aliphatic carbocycles. The van der Waals surface area contributed by atoms with Crippen LogP contribution in [0.1, 0.15) is 18.4 Å². The van der Waals surface area contributed by atoms with E-state index in [4.69, 9.17) is 21.1 Å². The zero-order valence-electron chi connectivity index (χ0n) is 16.4. The van der Waals surface area contributed by atoms with Gasteiger partial charge < -0.3 is 19.7 Å². The molecule has 0 radical (unpaired) electrons. The summed E-state index contributed by atoms with van der Waals surface area (Å²) < 4.78 is 10.8. The molecule has 3 rings (SSSR count). The van der Waals surface area contributed by atoms with E-state index in [9.17, 15) is 9.59 Å². The number of carbonyl (C=O) groups is 2. The van der Waals surface area contributed by atoms with Crippen LogP contribution < -0.4 is 14.8 Å². The second kappa shape index (κ2) is 10.2. The highest BCUT2D eigenvalue weighted by Gasteiger charge is 2.24. The van der Waals surface area contributed by atoms with Crippen molar-refractivity contribution in [1.82, 2.24) is 10.2 Å². The Hall–Kier alpha value is -2.73. The third-order valence-corrected chi connectivity index (χ3v) is 5.18. The lowest BCUT2D eigenvalue weighted by atomic mass is 10.0. The number of ether oxygens (including phenoxy) is 2. The van der Waals surface area contributed by atoms with Crippen molar-refractivity contribution in [3.05, 3.63) is 59.1 Å². The number of para-hydroxylation sites is 1. The largest absolute Gasteiger partial charge is 0.496 e. The third kappa shape index (κ3) is 6.12. The molecular weight excluding hydrogens is 392 g/mol. The standard InChI is InChI=1S/C22H25ClN2O4/c1-28-20-5-3-2-4-16(20)14-22(27)25-12-10-18(11-13-25)24-21(26)15-29-19-8-6-17(23)7-9-19/h2-9,18H,10-15H2,1H3,(H,24,26). The molecule has 1 aliphatic rings. The summed E-state index contributed by atoms with van der Waals surface area (Å²) in [6, 6.07) is 14.5. The topological polar surface area (TPSA) is 67.9 Å². The number of carbonyl (C=O) groups excluding carboxylic acids is 2. The second-order valence-electron chi connectivity index (χ2n) is 6.95. The minimum absolute atomic E-state index is 0.0470. The molecule has 1 fully saturated rings. The van der Waals surface area contributed by atoms with Crippen LogP contribution in [0.4, 0.5) is 0 Å². The van der Waals surface area contributed by atoms with E-state index >= 15 is 0 Å². The second-order valence-corrected chi connectivity index (χ2v) is 7.39. The molecule has 1 heterocycles. The highest BCUT2D eigenvalue weighted by atomic mass is 35.5. The fraction of sp³-hybridized carbons (Fsp3) is 0.364. The van der Waals surface area contributed by atoms with E-state index in [1.165, 1.54) is 0 Å². The van der Waals surface area contributed by atoms with Crippen LogP contribution in [0.2, 0.25) is 5.02 Å². The Morgan fingerprint density at radius 2 is 1.79 bits per heavy atom. The molecule has 2 aromatic carbocycles. The quantitative estimate of drug-likeness (QED) is 0.753. The lowest BCUT2D eigenvalue weighted by Gasteiger charge is -2.32. The molecule has 1 N–H and O–H groups in total. The summed E-state index contributed by atoms with van der Waals surface area (Å²) >= 11 is 5.83.